The molecule has 3 nitrogen and oxygen atoms in total. The van der Waals surface area contributed by atoms with Crippen molar-refractivity contribution in [1.29, 1.82) is 0 Å². The quantitative estimate of drug-likeness (QED) is 0.788. The first kappa shape index (κ1) is 14.7. The summed E-state index contributed by atoms with van der Waals surface area (Å²) in [6, 6.07) is 9.17. The number of hydrogen-bond acceptors (Lipinski definition) is 3. The number of benzene rings is 1. The standard InChI is InChI=1S/C15H23NO2/c1-11(2)9-12(3)18-15(17)14(16)10-13-7-5-4-6-8-13/h4-8,11-12,14H,9-10,16H2,1-3H3/t12?,14-/m0/s1. The largest absolute Gasteiger partial charge is 0.461 e. The Morgan fingerprint density at radius 1 is 1.22 bits per heavy atom. The second kappa shape index (κ2) is 7.17. The van der Waals surface area contributed by atoms with Crippen LogP contribution in [0.5, 0.6) is 0 Å². The molecule has 0 saturated heterocycles. The second-order valence-corrected chi connectivity index (χ2v) is 5.17. The number of esters is 1. The van der Waals surface area contributed by atoms with E-state index in [0.717, 1.165) is 12.0 Å². The Balaban J connectivity index is 2.42. The van der Waals surface area contributed by atoms with Gasteiger partial charge in [0.2, 0.25) is 0 Å². The highest BCUT2D eigenvalue weighted by molar-refractivity contribution is 5.76. The van der Waals surface area contributed by atoms with E-state index in [1.54, 1.807) is 0 Å². The smallest absolute Gasteiger partial charge is 0.323 e. The summed E-state index contributed by atoms with van der Waals surface area (Å²) < 4.78 is 5.33. The lowest BCUT2D eigenvalue weighted by atomic mass is 10.1. The van der Waals surface area contributed by atoms with E-state index in [-0.39, 0.29) is 12.1 Å². The van der Waals surface area contributed by atoms with Crippen LogP contribution < -0.4 is 5.73 Å². The van der Waals surface area contributed by atoms with Gasteiger partial charge in [0.05, 0.1) is 6.10 Å². The van der Waals surface area contributed by atoms with Gasteiger partial charge in [-0.2, -0.15) is 0 Å². The van der Waals surface area contributed by atoms with Crippen LogP contribution in [0.25, 0.3) is 0 Å². The zero-order chi connectivity index (χ0) is 13.5. The summed E-state index contributed by atoms with van der Waals surface area (Å²) >= 11 is 0. The first-order valence-corrected chi connectivity index (χ1v) is 6.49. The summed E-state index contributed by atoms with van der Waals surface area (Å²) in [7, 11) is 0. The Morgan fingerprint density at radius 3 is 2.39 bits per heavy atom. The molecule has 0 fully saturated rings. The monoisotopic (exact) mass is 249 g/mol. The molecule has 1 unspecified atom stereocenters. The molecule has 2 atom stereocenters. The van der Waals surface area contributed by atoms with Gasteiger partial charge >= 0.3 is 5.97 Å². The average Bonchev–Trinajstić information content (AvgIpc) is 2.28. The van der Waals surface area contributed by atoms with Crippen LogP contribution in [0.15, 0.2) is 30.3 Å². The molecule has 1 aromatic rings. The predicted octanol–water partition coefficient (Wildman–Crippen LogP) is 2.53. The summed E-state index contributed by atoms with van der Waals surface area (Å²) in [4.78, 5) is 11.8. The van der Waals surface area contributed by atoms with Crippen molar-refractivity contribution in [2.45, 2.75) is 45.8 Å². The molecule has 0 bridgehead atoms. The minimum absolute atomic E-state index is 0.0701. The minimum atomic E-state index is -0.581. The van der Waals surface area contributed by atoms with E-state index in [2.05, 4.69) is 13.8 Å². The van der Waals surface area contributed by atoms with Gasteiger partial charge in [0, 0.05) is 0 Å². The topological polar surface area (TPSA) is 52.3 Å². The molecule has 0 aromatic heterocycles. The molecule has 0 amide bonds. The van der Waals surface area contributed by atoms with Gasteiger partial charge in [-0.25, -0.2) is 0 Å². The molecule has 0 saturated carbocycles. The van der Waals surface area contributed by atoms with E-state index in [1.807, 2.05) is 37.3 Å². The molecule has 18 heavy (non-hydrogen) atoms. The van der Waals surface area contributed by atoms with Gasteiger partial charge in [-0.3, -0.25) is 4.79 Å². The Kier molecular flexibility index (Phi) is 5.86. The zero-order valence-corrected chi connectivity index (χ0v) is 11.4. The van der Waals surface area contributed by atoms with Crippen LogP contribution in [0.3, 0.4) is 0 Å². The number of hydrogen-bond donors (Lipinski definition) is 1. The summed E-state index contributed by atoms with van der Waals surface area (Å²) in [6.45, 7) is 6.12. The molecule has 0 aliphatic carbocycles. The van der Waals surface area contributed by atoms with Crippen molar-refractivity contribution in [1.82, 2.24) is 0 Å². The fraction of sp³-hybridized carbons (Fsp3) is 0.533. The molecule has 0 aliphatic rings. The van der Waals surface area contributed by atoms with Crippen molar-refractivity contribution in [3.05, 3.63) is 35.9 Å². The van der Waals surface area contributed by atoms with Gasteiger partial charge in [0.25, 0.3) is 0 Å². The number of carbonyl (C=O) groups is 1. The number of nitrogens with two attached hydrogens (primary N) is 1. The summed E-state index contributed by atoms with van der Waals surface area (Å²) in [5, 5.41) is 0. The maximum atomic E-state index is 11.8. The van der Waals surface area contributed by atoms with Crippen molar-refractivity contribution in [3.63, 3.8) is 0 Å². The highest BCUT2D eigenvalue weighted by Crippen LogP contribution is 2.09. The third-order valence-electron chi connectivity index (χ3n) is 2.72. The number of carbonyl (C=O) groups excluding carboxylic acids is 1. The molecule has 3 heteroatoms. The van der Waals surface area contributed by atoms with E-state index in [4.69, 9.17) is 10.5 Å². The highest BCUT2D eigenvalue weighted by atomic mass is 16.5. The van der Waals surface area contributed by atoms with Gasteiger partial charge < -0.3 is 10.5 Å². The first-order chi connectivity index (χ1) is 8.49. The SMILES string of the molecule is CC(C)CC(C)OC(=O)[C@@H](N)Cc1ccccc1. The Bertz CT molecular complexity index is 362. The van der Waals surface area contributed by atoms with Crippen LogP contribution in [-0.2, 0) is 16.0 Å². The van der Waals surface area contributed by atoms with E-state index in [1.165, 1.54) is 0 Å². The van der Waals surface area contributed by atoms with Crippen LogP contribution in [0.2, 0.25) is 0 Å². The molecule has 2 N–H and O–H groups in total. The number of rotatable bonds is 6. The molecule has 0 radical (unpaired) electrons. The van der Waals surface area contributed by atoms with Crippen molar-refractivity contribution in [2.75, 3.05) is 0 Å². The lowest BCUT2D eigenvalue weighted by molar-refractivity contribution is -0.150. The number of ether oxygens (including phenoxy) is 1. The van der Waals surface area contributed by atoms with E-state index >= 15 is 0 Å². The van der Waals surface area contributed by atoms with Crippen LogP contribution in [0.1, 0.15) is 32.8 Å². The third kappa shape index (κ3) is 5.32. The molecule has 0 heterocycles. The summed E-state index contributed by atoms with van der Waals surface area (Å²) in [5.74, 6) is 0.199. The third-order valence-corrected chi connectivity index (χ3v) is 2.72. The van der Waals surface area contributed by atoms with Gasteiger partial charge in [-0.05, 0) is 31.2 Å². The van der Waals surface area contributed by atoms with Crippen molar-refractivity contribution in [2.24, 2.45) is 11.7 Å². The average molecular weight is 249 g/mol. The molecular formula is C15H23NO2. The predicted molar refractivity (Wildman–Crippen MR) is 73.1 cm³/mol. The second-order valence-electron chi connectivity index (χ2n) is 5.17. The summed E-state index contributed by atoms with van der Waals surface area (Å²) in [6.07, 6.45) is 1.32. The fourth-order valence-electron chi connectivity index (χ4n) is 1.95. The van der Waals surface area contributed by atoms with Crippen LogP contribution in [-0.4, -0.2) is 18.1 Å². The van der Waals surface area contributed by atoms with Gasteiger partial charge in [-0.1, -0.05) is 44.2 Å². The van der Waals surface area contributed by atoms with E-state index in [9.17, 15) is 4.79 Å². The molecule has 0 spiro atoms. The van der Waals surface area contributed by atoms with E-state index in [0.29, 0.717) is 12.3 Å². The summed E-state index contributed by atoms with van der Waals surface area (Å²) in [5.41, 5.74) is 6.91. The lowest BCUT2D eigenvalue weighted by Crippen LogP contribution is -2.36. The lowest BCUT2D eigenvalue weighted by Gasteiger charge is -2.18. The van der Waals surface area contributed by atoms with Gasteiger partial charge in [-0.15, -0.1) is 0 Å². The molecule has 1 aromatic carbocycles. The minimum Gasteiger partial charge on any atom is -0.461 e. The Morgan fingerprint density at radius 2 is 1.83 bits per heavy atom. The van der Waals surface area contributed by atoms with Gasteiger partial charge in [0.1, 0.15) is 6.04 Å². The van der Waals surface area contributed by atoms with Crippen molar-refractivity contribution < 1.29 is 9.53 Å². The van der Waals surface area contributed by atoms with Crippen molar-refractivity contribution >= 4 is 5.97 Å². The van der Waals surface area contributed by atoms with Gasteiger partial charge in [0.15, 0.2) is 0 Å². The van der Waals surface area contributed by atoms with Crippen LogP contribution >= 0.6 is 0 Å². The first-order valence-electron chi connectivity index (χ1n) is 6.49. The molecular weight excluding hydrogens is 226 g/mol. The maximum Gasteiger partial charge on any atom is 0.323 e. The van der Waals surface area contributed by atoms with E-state index < -0.39 is 6.04 Å². The molecule has 0 aliphatic heterocycles. The van der Waals surface area contributed by atoms with Crippen LogP contribution in [0, 0.1) is 5.92 Å². The maximum absolute atomic E-state index is 11.8. The fourth-order valence-corrected chi connectivity index (χ4v) is 1.95. The van der Waals surface area contributed by atoms with Crippen LogP contribution in [0.4, 0.5) is 0 Å². The Labute approximate surface area is 109 Å². The van der Waals surface area contributed by atoms with Crippen molar-refractivity contribution in [3.8, 4) is 0 Å². The Hall–Kier alpha value is -1.35. The zero-order valence-electron chi connectivity index (χ0n) is 11.4. The highest BCUT2D eigenvalue weighted by Gasteiger charge is 2.18. The molecule has 100 valence electrons. The normalized spacial score (nSPS) is 14.3. The molecule has 1 rings (SSSR count).